The fourth-order valence-electron chi connectivity index (χ4n) is 2.57. The maximum Gasteiger partial charge on any atom is 0.122 e. The summed E-state index contributed by atoms with van der Waals surface area (Å²) in [5, 5.41) is 10.3. The monoisotopic (exact) mass is 234 g/mol. The van der Waals surface area contributed by atoms with Crippen molar-refractivity contribution < 1.29 is 9.84 Å². The molecule has 0 aliphatic carbocycles. The Hall–Kier alpha value is -1.02. The van der Waals surface area contributed by atoms with Gasteiger partial charge in [-0.3, -0.25) is 0 Å². The van der Waals surface area contributed by atoms with Gasteiger partial charge in [-0.2, -0.15) is 0 Å². The van der Waals surface area contributed by atoms with Gasteiger partial charge in [0.15, 0.2) is 0 Å². The van der Waals surface area contributed by atoms with Crippen molar-refractivity contribution in [2.24, 2.45) is 5.92 Å². The molecule has 1 aliphatic rings. The summed E-state index contributed by atoms with van der Waals surface area (Å²) >= 11 is 0. The molecule has 1 unspecified atom stereocenters. The van der Waals surface area contributed by atoms with Crippen LogP contribution in [0, 0.1) is 5.92 Å². The topological polar surface area (TPSA) is 29.5 Å². The summed E-state index contributed by atoms with van der Waals surface area (Å²) in [4.78, 5) is 0. The van der Waals surface area contributed by atoms with Gasteiger partial charge < -0.3 is 9.84 Å². The van der Waals surface area contributed by atoms with Crippen molar-refractivity contribution >= 4 is 0 Å². The number of ether oxygens (including phenoxy) is 1. The molecular formula is C15H22O2. The van der Waals surface area contributed by atoms with Crippen LogP contribution < -0.4 is 4.74 Å². The average Bonchev–Trinajstić information content (AvgIpc) is 2.39. The van der Waals surface area contributed by atoms with E-state index in [-0.39, 0.29) is 6.10 Å². The second-order valence-electron chi connectivity index (χ2n) is 4.84. The van der Waals surface area contributed by atoms with Gasteiger partial charge in [0.05, 0.1) is 12.7 Å². The van der Waals surface area contributed by atoms with Crippen molar-refractivity contribution in [1.29, 1.82) is 0 Å². The van der Waals surface area contributed by atoms with E-state index in [4.69, 9.17) is 4.74 Å². The molecular weight excluding hydrogens is 212 g/mol. The molecule has 0 aromatic heterocycles. The highest BCUT2D eigenvalue weighted by Crippen LogP contribution is 2.32. The van der Waals surface area contributed by atoms with E-state index in [2.05, 4.69) is 19.9 Å². The molecule has 0 saturated heterocycles. The summed E-state index contributed by atoms with van der Waals surface area (Å²) in [5.41, 5.74) is 2.29. The van der Waals surface area contributed by atoms with Crippen molar-refractivity contribution in [3.63, 3.8) is 0 Å². The number of fused-ring (bicyclic) bond motifs is 1. The Balaban J connectivity index is 2.21. The third kappa shape index (κ3) is 2.63. The summed E-state index contributed by atoms with van der Waals surface area (Å²) in [5.74, 6) is 1.36. The predicted octanol–water partition coefficient (Wildman–Crippen LogP) is 3.48. The molecule has 94 valence electrons. The molecule has 1 aliphatic heterocycles. The minimum Gasteiger partial charge on any atom is -0.493 e. The van der Waals surface area contributed by atoms with Gasteiger partial charge in [0.25, 0.3) is 0 Å². The van der Waals surface area contributed by atoms with Crippen molar-refractivity contribution in [2.75, 3.05) is 6.61 Å². The summed E-state index contributed by atoms with van der Waals surface area (Å²) in [6, 6.07) is 6.14. The SMILES string of the molecule is CCC(CC)C(O)c1ccc2c(c1)CCCO2. The third-order valence-electron chi connectivity index (χ3n) is 3.77. The van der Waals surface area contributed by atoms with Crippen molar-refractivity contribution in [1.82, 2.24) is 0 Å². The Kier molecular flexibility index (Phi) is 4.06. The number of aliphatic hydroxyl groups is 1. The molecule has 1 atom stereocenters. The van der Waals surface area contributed by atoms with E-state index >= 15 is 0 Å². The second-order valence-corrected chi connectivity index (χ2v) is 4.84. The Bertz CT molecular complexity index is 369. The standard InChI is InChI=1S/C15H22O2/c1-3-11(4-2)15(16)13-7-8-14-12(10-13)6-5-9-17-14/h7-8,10-11,15-16H,3-6,9H2,1-2H3. The predicted molar refractivity (Wildman–Crippen MR) is 69.3 cm³/mol. The Morgan fingerprint density at radius 2 is 2.06 bits per heavy atom. The Labute approximate surface area is 104 Å². The number of hydrogen-bond donors (Lipinski definition) is 1. The summed E-state index contributed by atoms with van der Waals surface area (Å²) in [7, 11) is 0. The molecule has 17 heavy (non-hydrogen) atoms. The first-order chi connectivity index (χ1) is 8.26. The zero-order valence-corrected chi connectivity index (χ0v) is 10.8. The van der Waals surface area contributed by atoms with Crippen LogP contribution in [-0.2, 0) is 6.42 Å². The molecule has 2 nitrogen and oxygen atoms in total. The third-order valence-corrected chi connectivity index (χ3v) is 3.77. The minimum absolute atomic E-state index is 0.336. The van der Waals surface area contributed by atoms with E-state index in [1.54, 1.807) is 0 Å². The lowest BCUT2D eigenvalue weighted by atomic mass is 9.90. The van der Waals surface area contributed by atoms with Crippen LogP contribution in [0.5, 0.6) is 5.75 Å². The Morgan fingerprint density at radius 3 is 2.76 bits per heavy atom. The number of rotatable bonds is 4. The van der Waals surface area contributed by atoms with Crippen LogP contribution in [0.25, 0.3) is 0 Å². The van der Waals surface area contributed by atoms with Gasteiger partial charge >= 0.3 is 0 Å². The zero-order valence-electron chi connectivity index (χ0n) is 10.8. The van der Waals surface area contributed by atoms with E-state index < -0.39 is 0 Å². The van der Waals surface area contributed by atoms with Crippen LogP contribution in [0.2, 0.25) is 0 Å². The van der Waals surface area contributed by atoms with Crippen LogP contribution in [0.15, 0.2) is 18.2 Å². The maximum absolute atomic E-state index is 10.3. The van der Waals surface area contributed by atoms with Crippen LogP contribution in [0.3, 0.4) is 0 Å². The van der Waals surface area contributed by atoms with Gasteiger partial charge in [0.2, 0.25) is 0 Å². The van der Waals surface area contributed by atoms with Crippen LogP contribution in [-0.4, -0.2) is 11.7 Å². The van der Waals surface area contributed by atoms with Gasteiger partial charge in [-0.05, 0) is 42.0 Å². The van der Waals surface area contributed by atoms with Gasteiger partial charge in [-0.15, -0.1) is 0 Å². The lowest BCUT2D eigenvalue weighted by Gasteiger charge is -2.23. The van der Waals surface area contributed by atoms with Crippen LogP contribution in [0.4, 0.5) is 0 Å². The first-order valence-electron chi connectivity index (χ1n) is 6.70. The van der Waals surface area contributed by atoms with Crippen molar-refractivity contribution in [3.8, 4) is 5.75 Å². The van der Waals surface area contributed by atoms with Gasteiger partial charge in [-0.25, -0.2) is 0 Å². The van der Waals surface area contributed by atoms with Crippen LogP contribution >= 0.6 is 0 Å². The molecule has 0 spiro atoms. The van der Waals surface area contributed by atoms with E-state index in [1.807, 2.05) is 12.1 Å². The molecule has 0 amide bonds. The maximum atomic E-state index is 10.3. The minimum atomic E-state index is -0.336. The Morgan fingerprint density at radius 1 is 1.29 bits per heavy atom. The lowest BCUT2D eigenvalue weighted by molar-refractivity contribution is 0.103. The number of aliphatic hydroxyl groups excluding tert-OH is 1. The second kappa shape index (κ2) is 5.54. The molecule has 1 aromatic carbocycles. The molecule has 0 fully saturated rings. The number of benzene rings is 1. The summed E-state index contributed by atoms with van der Waals surface area (Å²) < 4.78 is 5.59. The molecule has 0 bridgehead atoms. The molecule has 2 heteroatoms. The van der Waals surface area contributed by atoms with E-state index in [1.165, 1.54) is 5.56 Å². The first kappa shape index (κ1) is 12.4. The average molecular weight is 234 g/mol. The highest BCUT2D eigenvalue weighted by Gasteiger charge is 2.19. The summed E-state index contributed by atoms with van der Waals surface area (Å²) in [6.07, 6.45) is 3.85. The van der Waals surface area contributed by atoms with E-state index in [0.29, 0.717) is 5.92 Å². The normalized spacial score (nSPS) is 16.5. The van der Waals surface area contributed by atoms with Gasteiger partial charge in [0.1, 0.15) is 5.75 Å². The molecule has 0 saturated carbocycles. The van der Waals surface area contributed by atoms with Gasteiger partial charge in [-0.1, -0.05) is 32.8 Å². The van der Waals surface area contributed by atoms with Crippen molar-refractivity contribution in [2.45, 2.75) is 45.6 Å². The van der Waals surface area contributed by atoms with Crippen molar-refractivity contribution in [3.05, 3.63) is 29.3 Å². The molecule has 2 rings (SSSR count). The van der Waals surface area contributed by atoms with E-state index in [0.717, 1.165) is 43.6 Å². The molecule has 1 heterocycles. The zero-order chi connectivity index (χ0) is 12.3. The van der Waals surface area contributed by atoms with Gasteiger partial charge in [0, 0.05) is 0 Å². The van der Waals surface area contributed by atoms with E-state index in [9.17, 15) is 5.11 Å². The molecule has 1 N–H and O–H groups in total. The highest BCUT2D eigenvalue weighted by atomic mass is 16.5. The number of hydrogen-bond acceptors (Lipinski definition) is 2. The largest absolute Gasteiger partial charge is 0.493 e. The molecule has 1 aromatic rings. The summed E-state index contributed by atoms with van der Waals surface area (Å²) in [6.45, 7) is 5.10. The fourth-order valence-corrected chi connectivity index (χ4v) is 2.57. The highest BCUT2D eigenvalue weighted by molar-refractivity contribution is 5.39. The first-order valence-corrected chi connectivity index (χ1v) is 6.70. The van der Waals surface area contributed by atoms with Crippen LogP contribution in [0.1, 0.15) is 50.3 Å². The quantitative estimate of drug-likeness (QED) is 0.864. The smallest absolute Gasteiger partial charge is 0.122 e. The fraction of sp³-hybridized carbons (Fsp3) is 0.600. The molecule has 0 radical (unpaired) electrons. The number of aryl methyl sites for hydroxylation is 1. The lowest BCUT2D eigenvalue weighted by Crippen LogP contribution is -2.13.